The van der Waals surface area contributed by atoms with Crippen LogP contribution in [0.1, 0.15) is 24.8 Å². The van der Waals surface area contributed by atoms with Gasteiger partial charge >= 0.3 is 0 Å². The van der Waals surface area contributed by atoms with Crippen LogP contribution in [-0.4, -0.2) is 41.2 Å². The summed E-state index contributed by atoms with van der Waals surface area (Å²) in [6, 6.07) is 4.23. The van der Waals surface area contributed by atoms with Gasteiger partial charge in [-0.15, -0.1) is 0 Å². The average Bonchev–Trinajstić information content (AvgIpc) is 2.76. The van der Waals surface area contributed by atoms with Gasteiger partial charge in [0.1, 0.15) is 0 Å². The maximum atomic E-state index is 9.00. The van der Waals surface area contributed by atoms with Crippen molar-refractivity contribution < 1.29 is 9.84 Å². The van der Waals surface area contributed by atoms with Gasteiger partial charge in [0, 0.05) is 18.3 Å². The zero-order valence-electron chi connectivity index (χ0n) is 10.3. The fraction of sp³-hybridized carbons (Fsp3) is 0.615. The van der Waals surface area contributed by atoms with E-state index in [-0.39, 0.29) is 6.61 Å². The summed E-state index contributed by atoms with van der Waals surface area (Å²) >= 11 is 0. The minimum atomic E-state index is 0.0320. The van der Waals surface area contributed by atoms with Gasteiger partial charge in [0.05, 0.1) is 13.2 Å². The molecule has 0 amide bonds. The average molecular weight is 236 g/mol. The lowest BCUT2D eigenvalue weighted by Crippen LogP contribution is -2.26. The number of hydrogen-bond donors (Lipinski definition) is 1. The maximum Gasteiger partial charge on any atom is 0.213 e. The molecule has 2 heterocycles. The van der Waals surface area contributed by atoms with Crippen LogP contribution in [0.15, 0.2) is 18.3 Å². The first-order valence-corrected chi connectivity index (χ1v) is 6.18. The summed E-state index contributed by atoms with van der Waals surface area (Å²) in [5, 5.41) is 9.00. The van der Waals surface area contributed by atoms with E-state index < -0.39 is 0 Å². The lowest BCUT2D eigenvalue weighted by Gasteiger charge is -2.19. The molecular formula is C13H20N2O2. The number of nitrogens with zero attached hydrogens (tertiary/aromatic N) is 2. The quantitative estimate of drug-likeness (QED) is 0.840. The molecule has 17 heavy (non-hydrogen) atoms. The lowest BCUT2D eigenvalue weighted by molar-refractivity contribution is 0.227. The SMILES string of the molecule is CN1CCCC1CCOc1cc(CO)ccn1. The molecule has 1 unspecified atom stereocenters. The molecule has 0 spiro atoms. The molecule has 0 radical (unpaired) electrons. The largest absolute Gasteiger partial charge is 0.478 e. The standard InChI is InChI=1S/C13H20N2O2/c1-15-7-2-3-12(15)5-8-17-13-9-11(10-16)4-6-14-13/h4,6,9,12,16H,2-3,5,7-8,10H2,1H3. The van der Waals surface area contributed by atoms with E-state index >= 15 is 0 Å². The van der Waals surface area contributed by atoms with E-state index in [0.29, 0.717) is 18.5 Å². The minimum absolute atomic E-state index is 0.0320. The van der Waals surface area contributed by atoms with Gasteiger partial charge in [-0.2, -0.15) is 0 Å². The van der Waals surface area contributed by atoms with Gasteiger partial charge in [0.15, 0.2) is 0 Å². The van der Waals surface area contributed by atoms with Crippen molar-refractivity contribution in [2.75, 3.05) is 20.2 Å². The van der Waals surface area contributed by atoms with Crippen LogP contribution >= 0.6 is 0 Å². The number of likely N-dealkylation sites (tertiary alicyclic amines) is 1. The molecule has 1 aliphatic rings. The third-order valence-electron chi connectivity index (χ3n) is 3.35. The number of aromatic nitrogens is 1. The van der Waals surface area contributed by atoms with Gasteiger partial charge < -0.3 is 14.7 Å². The van der Waals surface area contributed by atoms with Crippen molar-refractivity contribution in [3.63, 3.8) is 0 Å². The Balaban J connectivity index is 1.77. The summed E-state index contributed by atoms with van der Waals surface area (Å²) in [5.41, 5.74) is 0.841. The molecule has 0 aliphatic carbocycles. The number of pyridine rings is 1. The number of rotatable bonds is 5. The van der Waals surface area contributed by atoms with E-state index in [1.54, 1.807) is 18.3 Å². The highest BCUT2D eigenvalue weighted by molar-refractivity contribution is 5.19. The molecule has 0 saturated carbocycles. The highest BCUT2D eigenvalue weighted by atomic mass is 16.5. The Hall–Kier alpha value is -1.13. The van der Waals surface area contributed by atoms with Gasteiger partial charge in [0.2, 0.25) is 5.88 Å². The van der Waals surface area contributed by atoms with Crippen molar-refractivity contribution in [1.29, 1.82) is 0 Å². The van der Waals surface area contributed by atoms with E-state index in [4.69, 9.17) is 9.84 Å². The number of aliphatic hydroxyl groups excluding tert-OH is 1. The van der Waals surface area contributed by atoms with Crippen molar-refractivity contribution in [2.45, 2.75) is 31.9 Å². The third kappa shape index (κ3) is 3.41. The van der Waals surface area contributed by atoms with Gasteiger partial charge in [-0.05, 0) is 44.5 Å². The Morgan fingerprint density at radius 1 is 1.59 bits per heavy atom. The van der Waals surface area contributed by atoms with Crippen LogP contribution in [0.3, 0.4) is 0 Å². The highest BCUT2D eigenvalue weighted by Gasteiger charge is 2.20. The Morgan fingerprint density at radius 2 is 2.47 bits per heavy atom. The molecule has 94 valence electrons. The molecule has 0 bridgehead atoms. The van der Waals surface area contributed by atoms with E-state index in [1.807, 2.05) is 0 Å². The van der Waals surface area contributed by atoms with Crippen LogP contribution in [0, 0.1) is 0 Å². The fourth-order valence-electron chi connectivity index (χ4n) is 2.27. The van der Waals surface area contributed by atoms with E-state index in [2.05, 4.69) is 16.9 Å². The Kier molecular flexibility index (Phi) is 4.34. The summed E-state index contributed by atoms with van der Waals surface area (Å²) in [7, 11) is 2.17. The zero-order chi connectivity index (χ0) is 12.1. The van der Waals surface area contributed by atoms with Crippen LogP contribution < -0.4 is 4.74 Å². The summed E-state index contributed by atoms with van der Waals surface area (Å²) in [5.74, 6) is 0.609. The van der Waals surface area contributed by atoms with Crippen molar-refractivity contribution in [1.82, 2.24) is 9.88 Å². The summed E-state index contributed by atoms with van der Waals surface area (Å²) in [6.45, 7) is 1.92. The topological polar surface area (TPSA) is 45.6 Å². The first kappa shape index (κ1) is 12.3. The lowest BCUT2D eigenvalue weighted by atomic mass is 10.1. The second-order valence-electron chi connectivity index (χ2n) is 4.57. The first-order chi connectivity index (χ1) is 8.29. The first-order valence-electron chi connectivity index (χ1n) is 6.18. The molecule has 1 aromatic heterocycles. The Labute approximate surface area is 102 Å². The predicted molar refractivity (Wildman–Crippen MR) is 65.9 cm³/mol. The minimum Gasteiger partial charge on any atom is -0.478 e. The molecule has 4 nitrogen and oxygen atoms in total. The van der Waals surface area contributed by atoms with Crippen LogP contribution in [0.4, 0.5) is 0 Å². The molecule has 0 aromatic carbocycles. The summed E-state index contributed by atoms with van der Waals surface area (Å²) in [4.78, 5) is 6.51. The summed E-state index contributed by atoms with van der Waals surface area (Å²) in [6.07, 6.45) is 5.27. The molecule has 1 saturated heterocycles. The highest BCUT2D eigenvalue weighted by Crippen LogP contribution is 2.18. The van der Waals surface area contributed by atoms with Gasteiger partial charge in [-0.1, -0.05) is 0 Å². The predicted octanol–water partition coefficient (Wildman–Crippen LogP) is 1.44. The fourth-order valence-corrected chi connectivity index (χ4v) is 2.27. The van der Waals surface area contributed by atoms with Gasteiger partial charge in [-0.3, -0.25) is 0 Å². The number of hydrogen-bond acceptors (Lipinski definition) is 4. The van der Waals surface area contributed by atoms with Crippen LogP contribution in [0.2, 0.25) is 0 Å². The molecule has 4 heteroatoms. The van der Waals surface area contributed by atoms with E-state index in [0.717, 1.165) is 12.0 Å². The third-order valence-corrected chi connectivity index (χ3v) is 3.35. The monoisotopic (exact) mass is 236 g/mol. The molecular weight excluding hydrogens is 216 g/mol. The Bertz CT molecular complexity index is 357. The zero-order valence-corrected chi connectivity index (χ0v) is 10.3. The van der Waals surface area contributed by atoms with E-state index in [1.165, 1.54) is 19.4 Å². The maximum absolute atomic E-state index is 9.00. The van der Waals surface area contributed by atoms with Crippen molar-refractivity contribution in [3.05, 3.63) is 23.9 Å². The van der Waals surface area contributed by atoms with Crippen LogP contribution in [-0.2, 0) is 6.61 Å². The van der Waals surface area contributed by atoms with Gasteiger partial charge in [-0.25, -0.2) is 4.98 Å². The molecule has 1 aromatic rings. The molecule has 2 rings (SSSR count). The van der Waals surface area contributed by atoms with Crippen molar-refractivity contribution in [2.24, 2.45) is 0 Å². The summed E-state index contributed by atoms with van der Waals surface area (Å²) < 4.78 is 5.61. The van der Waals surface area contributed by atoms with Crippen molar-refractivity contribution >= 4 is 0 Å². The smallest absolute Gasteiger partial charge is 0.213 e. The molecule has 1 aliphatic heterocycles. The number of ether oxygens (including phenoxy) is 1. The molecule has 1 fully saturated rings. The van der Waals surface area contributed by atoms with Crippen molar-refractivity contribution in [3.8, 4) is 5.88 Å². The van der Waals surface area contributed by atoms with E-state index in [9.17, 15) is 0 Å². The molecule has 1 atom stereocenters. The second-order valence-corrected chi connectivity index (χ2v) is 4.57. The second kappa shape index (κ2) is 5.98. The van der Waals surface area contributed by atoms with Gasteiger partial charge in [0.25, 0.3) is 0 Å². The van der Waals surface area contributed by atoms with Crippen LogP contribution in [0.5, 0.6) is 5.88 Å². The molecule has 1 N–H and O–H groups in total. The normalized spacial score (nSPS) is 20.7. The number of aliphatic hydroxyl groups is 1. The Morgan fingerprint density at radius 3 is 3.18 bits per heavy atom. The van der Waals surface area contributed by atoms with Crippen LogP contribution in [0.25, 0.3) is 0 Å².